The van der Waals surface area contributed by atoms with E-state index < -0.39 is 0 Å². The maximum absolute atomic E-state index is 13.0. The fraction of sp³-hybridized carbons (Fsp3) is 0.579. The first-order valence-corrected chi connectivity index (χ1v) is 9.01. The molecule has 1 aliphatic rings. The van der Waals surface area contributed by atoms with E-state index in [-0.39, 0.29) is 36.1 Å². The second-order valence-corrected chi connectivity index (χ2v) is 6.87. The van der Waals surface area contributed by atoms with Gasteiger partial charge in [0.1, 0.15) is 5.82 Å². The number of likely N-dealkylation sites (tertiary alicyclic amines) is 1. The third kappa shape index (κ3) is 6.46. The van der Waals surface area contributed by atoms with Crippen molar-refractivity contribution >= 4 is 11.8 Å². The van der Waals surface area contributed by atoms with Gasteiger partial charge in [0.05, 0.1) is 6.04 Å². The van der Waals surface area contributed by atoms with Gasteiger partial charge in [0, 0.05) is 25.6 Å². The Morgan fingerprint density at radius 1 is 1.24 bits per heavy atom. The zero-order valence-corrected chi connectivity index (χ0v) is 15.1. The molecule has 1 aromatic rings. The first-order chi connectivity index (χ1) is 12.0. The predicted molar refractivity (Wildman–Crippen MR) is 95.4 cm³/mol. The van der Waals surface area contributed by atoms with Crippen molar-refractivity contribution in [3.63, 3.8) is 0 Å². The molecule has 1 aliphatic heterocycles. The van der Waals surface area contributed by atoms with Gasteiger partial charge in [0.25, 0.3) is 0 Å². The average Bonchev–Trinajstić information content (AvgIpc) is 2.56. The van der Waals surface area contributed by atoms with Gasteiger partial charge in [0.15, 0.2) is 0 Å². The molecular weight excluding hydrogens is 321 g/mol. The Kier molecular flexibility index (Phi) is 7.37. The third-order valence-electron chi connectivity index (χ3n) is 4.32. The molecule has 1 unspecified atom stereocenters. The van der Waals surface area contributed by atoms with Gasteiger partial charge in [-0.15, -0.1) is 0 Å². The number of nitrogens with one attached hydrogen (secondary N) is 2. The molecule has 25 heavy (non-hydrogen) atoms. The van der Waals surface area contributed by atoms with Crippen LogP contribution in [0.1, 0.15) is 45.1 Å². The fourth-order valence-electron chi connectivity index (χ4n) is 3.11. The van der Waals surface area contributed by atoms with Crippen molar-refractivity contribution in [3.8, 4) is 0 Å². The van der Waals surface area contributed by atoms with Crippen LogP contribution in [-0.4, -0.2) is 41.9 Å². The third-order valence-corrected chi connectivity index (χ3v) is 4.32. The summed E-state index contributed by atoms with van der Waals surface area (Å²) in [5, 5.41) is 5.69. The van der Waals surface area contributed by atoms with Crippen LogP contribution in [0.4, 0.5) is 4.39 Å². The van der Waals surface area contributed by atoms with Crippen molar-refractivity contribution in [1.29, 1.82) is 0 Å². The SMILES string of the molecule is CC(C)NC(=O)CCNC(=O)C1CCCCN1Cc1ccc(F)cc1. The molecule has 0 bridgehead atoms. The van der Waals surface area contributed by atoms with Crippen molar-refractivity contribution in [3.05, 3.63) is 35.6 Å². The monoisotopic (exact) mass is 349 g/mol. The Labute approximate surface area is 149 Å². The molecule has 1 aromatic carbocycles. The zero-order chi connectivity index (χ0) is 18.2. The summed E-state index contributed by atoms with van der Waals surface area (Å²) in [6.07, 6.45) is 3.17. The molecule has 1 saturated heterocycles. The van der Waals surface area contributed by atoms with Gasteiger partial charge in [-0.25, -0.2) is 4.39 Å². The van der Waals surface area contributed by atoms with Gasteiger partial charge in [-0.05, 0) is 50.9 Å². The van der Waals surface area contributed by atoms with Crippen molar-refractivity contribution in [2.75, 3.05) is 13.1 Å². The van der Waals surface area contributed by atoms with Crippen LogP contribution in [0, 0.1) is 5.82 Å². The lowest BCUT2D eigenvalue weighted by Gasteiger charge is -2.34. The number of halogens is 1. The van der Waals surface area contributed by atoms with Gasteiger partial charge in [0.2, 0.25) is 11.8 Å². The summed E-state index contributed by atoms with van der Waals surface area (Å²) >= 11 is 0. The number of carbonyl (C=O) groups excluding carboxylic acids is 2. The molecule has 2 N–H and O–H groups in total. The Hall–Kier alpha value is -1.95. The molecule has 1 fully saturated rings. The highest BCUT2D eigenvalue weighted by atomic mass is 19.1. The van der Waals surface area contributed by atoms with E-state index in [0.29, 0.717) is 13.1 Å². The van der Waals surface area contributed by atoms with Crippen molar-refractivity contribution in [2.45, 2.75) is 58.2 Å². The molecule has 5 nitrogen and oxygen atoms in total. The molecule has 138 valence electrons. The minimum Gasteiger partial charge on any atom is -0.354 e. The van der Waals surface area contributed by atoms with E-state index in [1.54, 1.807) is 12.1 Å². The lowest BCUT2D eigenvalue weighted by atomic mass is 10.0. The van der Waals surface area contributed by atoms with E-state index >= 15 is 0 Å². The Morgan fingerprint density at radius 2 is 1.96 bits per heavy atom. The normalized spacial score (nSPS) is 18.2. The Balaban J connectivity index is 1.85. The van der Waals surface area contributed by atoms with Crippen molar-refractivity contribution in [2.24, 2.45) is 0 Å². The molecule has 0 radical (unpaired) electrons. The van der Waals surface area contributed by atoms with Gasteiger partial charge < -0.3 is 10.6 Å². The highest BCUT2D eigenvalue weighted by molar-refractivity contribution is 5.83. The number of benzene rings is 1. The summed E-state index contributed by atoms with van der Waals surface area (Å²) in [5.41, 5.74) is 0.998. The fourth-order valence-corrected chi connectivity index (χ4v) is 3.11. The van der Waals surface area contributed by atoms with Crippen molar-refractivity contribution < 1.29 is 14.0 Å². The van der Waals surface area contributed by atoms with Crippen LogP contribution >= 0.6 is 0 Å². The molecule has 2 rings (SSSR count). The number of amides is 2. The van der Waals surface area contributed by atoms with E-state index in [1.165, 1.54) is 12.1 Å². The van der Waals surface area contributed by atoms with E-state index in [9.17, 15) is 14.0 Å². The molecule has 0 aliphatic carbocycles. The highest BCUT2D eigenvalue weighted by Gasteiger charge is 2.28. The molecule has 0 spiro atoms. The van der Waals surface area contributed by atoms with Gasteiger partial charge >= 0.3 is 0 Å². The molecule has 2 amide bonds. The Bertz CT molecular complexity index is 575. The number of hydrogen-bond donors (Lipinski definition) is 2. The average molecular weight is 349 g/mol. The van der Waals surface area contributed by atoms with E-state index in [1.807, 2.05) is 13.8 Å². The number of nitrogens with zero attached hydrogens (tertiary/aromatic N) is 1. The molecule has 0 saturated carbocycles. The standard InChI is InChI=1S/C19H28FN3O2/c1-14(2)22-18(24)10-11-21-19(25)17-5-3-4-12-23(17)13-15-6-8-16(20)9-7-15/h6-9,14,17H,3-5,10-13H2,1-2H3,(H,21,25)(H,22,24). The molecular formula is C19H28FN3O2. The van der Waals surface area contributed by atoms with E-state index in [4.69, 9.17) is 0 Å². The van der Waals surface area contributed by atoms with E-state index in [0.717, 1.165) is 31.4 Å². The Morgan fingerprint density at radius 3 is 2.64 bits per heavy atom. The largest absolute Gasteiger partial charge is 0.354 e. The quantitative estimate of drug-likeness (QED) is 0.793. The maximum Gasteiger partial charge on any atom is 0.237 e. The topological polar surface area (TPSA) is 61.4 Å². The smallest absolute Gasteiger partial charge is 0.237 e. The van der Waals surface area contributed by atoms with Crippen LogP contribution in [0.2, 0.25) is 0 Å². The number of piperidine rings is 1. The maximum atomic E-state index is 13.0. The zero-order valence-electron chi connectivity index (χ0n) is 15.1. The van der Waals surface area contributed by atoms with Crippen LogP contribution in [0.3, 0.4) is 0 Å². The van der Waals surface area contributed by atoms with Crippen LogP contribution in [-0.2, 0) is 16.1 Å². The number of hydrogen-bond acceptors (Lipinski definition) is 3. The number of carbonyl (C=O) groups is 2. The van der Waals surface area contributed by atoms with Gasteiger partial charge in [-0.3, -0.25) is 14.5 Å². The van der Waals surface area contributed by atoms with E-state index in [2.05, 4.69) is 15.5 Å². The number of rotatable bonds is 7. The van der Waals surface area contributed by atoms with Crippen LogP contribution < -0.4 is 10.6 Å². The first-order valence-electron chi connectivity index (χ1n) is 9.01. The second kappa shape index (κ2) is 9.51. The minimum atomic E-state index is -0.253. The minimum absolute atomic E-state index is 0.0286. The molecule has 6 heteroatoms. The lowest BCUT2D eigenvalue weighted by molar-refractivity contribution is -0.128. The summed E-state index contributed by atoms with van der Waals surface area (Å²) in [4.78, 5) is 26.3. The van der Waals surface area contributed by atoms with Crippen LogP contribution in [0.15, 0.2) is 24.3 Å². The van der Waals surface area contributed by atoms with Gasteiger partial charge in [-0.1, -0.05) is 18.6 Å². The highest BCUT2D eigenvalue weighted by Crippen LogP contribution is 2.20. The summed E-state index contributed by atoms with van der Waals surface area (Å²) in [6, 6.07) is 6.33. The summed E-state index contributed by atoms with van der Waals surface area (Å²) in [7, 11) is 0. The van der Waals surface area contributed by atoms with Crippen LogP contribution in [0.5, 0.6) is 0 Å². The molecule has 0 aromatic heterocycles. The lowest BCUT2D eigenvalue weighted by Crippen LogP contribution is -2.49. The first kappa shape index (κ1) is 19.4. The summed E-state index contributed by atoms with van der Waals surface area (Å²) < 4.78 is 13.0. The van der Waals surface area contributed by atoms with Crippen LogP contribution in [0.25, 0.3) is 0 Å². The van der Waals surface area contributed by atoms with Gasteiger partial charge in [-0.2, -0.15) is 0 Å². The molecule has 1 atom stereocenters. The molecule has 1 heterocycles. The second-order valence-electron chi connectivity index (χ2n) is 6.87. The van der Waals surface area contributed by atoms with Crippen molar-refractivity contribution in [1.82, 2.24) is 15.5 Å². The predicted octanol–water partition coefficient (Wildman–Crippen LogP) is 2.21. The summed E-state index contributed by atoms with van der Waals surface area (Å²) in [5.74, 6) is -0.336. The summed E-state index contributed by atoms with van der Waals surface area (Å²) in [6.45, 7) is 5.64.